The highest BCUT2D eigenvalue weighted by atomic mass is 19.1. The molecule has 0 aliphatic carbocycles. The fraction of sp³-hybridized carbons (Fsp3) is 0.429. The van der Waals surface area contributed by atoms with E-state index in [4.69, 9.17) is 0 Å². The van der Waals surface area contributed by atoms with Crippen molar-refractivity contribution in [3.8, 4) is 0 Å². The first kappa shape index (κ1) is 9.01. The van der Waals surface area contributed by atoms with Crippen molar-refractivity contribution in [2.75, 3.05) is 7.05 Å². The molecule has 0 spiro atoms. The number of halogens is 1. The van der Waals surface area contributed by atoms with E-state index in [1.807, 2.05) is 0 Å². The molecular weight excluding hydrogens is 131 g/mol. The molecule has 2 nitrogen and oxygen atoms in total. The Bertz CT molecular complexity index is 192. The summed E-state index contributed by atoms with van der Waals surface area (Å²) < 4.78 is 12.8. The summed E-state index contributed by atoms with van der Waals surface area (Å²) in [5, 5.41) is 0. The predicted molar refractivity (Wildman–Crippen MR) is 42.4 cm³/mol. The third kappa shape index (κ3) is 2.09. The van der Waals surface area contributed by atoms with Crippen LogP contribution in [-0.4, -0.2) is 19.5 Å². The zero-order valence-electron chi connectivity index (χ0n) is 6.48. The Morgan fingerprint density at radius 2 is 1.90 bits per heavy atom. The molecule has 0 radical (unpaired) electrons. The van der Waals surface area contributed by atoms with Crippen LogP contribution in [0.2, 0.25) is 0 Å². The largest absolute Gasteiger partial charge is 0.290 e. The summed E-state index contributed by atoms with van der Waals surface area (Å²) in [6.07, 6.45) is 0. The van der Waals surface area contributed by atoms with Crippen LogP contribution < -0.4 is 0 Å². The van der Waals surface area contributed by atoms with Crippen molar-refractivity contribution >= 4 is 12.4 Å². The molecule has 56 valence electrons. The van der Waals surface area contributed by atoms with Crippen molar-refractivity contribution in [1.29, 1.82) is 0 Å². The lowest BCUT2D eigenvalue weighted by Crippen LogP contribution is -1.93. The second kappa shape index (κ2) is 3.93. The summed E-state index contributed by atoms with van der Waals surface area (Å²) in [7, 11) is 1.53. The van der Waals surface area contributed by atoms with Gasteiger partial charge in [-0.25, -0.2) is 4.39 Å². The van der Waals surface area contributed by atoms with Gasteiger partial charge in [-0.1, -0.05) is 0 Å². The Kier molecular flexibility index (Phi) is 3.54. The van der Waals surface area contributed by atoms with Gasteiger partial charge in [0.2, 0.25) is 0 Å². The molecule has 0 atom stereocenters. The zero-order valence-corrected chi connectivity index (χ0v) is 6.48. The van der Waals surface area contributed by atoms with Crippen LogP contribution >= 0.6 is 0 Å². The molecule has 0 aliphatic rings. The van der Waals surface area contributed by atoms with Gasteiger partial charge in [-0.15, -0.1) is 0 Å². The molecule has 0 aliphatic heterocycles. The normalized spacial score (nSPS) is 14.6. The Morgan fingerprint density at radius 1 is 1.40 bits per heavy atom. The molecule has 0 heterocycles. The van der Waals surface area contributed by atoms with Crippen LogP contribution in [0, 0.1) is 0 Å². The van der Waals surface area contributed by atoms with Crippen LogP contribution in [0.4, 0.5) is 4.39 Å². The molecule has 0 amide bonds. The second-order valence-corrected chi connectivity index (χ2v) is 1.87. The molecule has 10 heavy (non-hydrogen) atoms. The summed E-state index contributed by atoms with van der Waals surface area (Å²) in [6, 6.07) is 0. The Balaban J connectivity index is 4.63. The lowest BCUT2D eigenvalue weighted by Gasteiger charge is -1.95. The molecule has 0 fully saturated rings. The fourth-order valence-corrected chi connectivity index (χ4v) is 0.429. The summed E-state index contributed by atoms with van der Waals surface area (Å²) in [6.45, 7) is 6.34. The first-order chi connectivity index (χ1) is 4.63. The third-order valence-corrected chi connectivity index (χ3v) is 1.21. The molecule has 0 rings (SSSR count). The van der Waals surface area contributed by atoms with Crippen molar-refractivity contribution in [1.82, 2.24) is 0 Å². The SMILES string of the molecule is C=N/C(C)=C(/F)C(C)=NC. The molecule has 0 unspecified atom stereocenters. The van der Waals surface area contributed by atoms with Gasteiger partial charge in [0.25, 0.3) is 0 Å². The van der Waals surface area contributed by atoms with Gasteiger partial charge in [0.1, 0.15) is 0 Å². The van der Waals surface area contributed by atoms with Crippen molar-refractivity contribution in [2.24, 2.45) is 9.98 Å². The smallest absolute Gasteiger partial charge is 0.164 e. The molecular formula is C7H11FN2. The quantitative estimate of drug-likeness (QED) is 0.527. The monoisotopic (exact) mass is 142 g/mol. The standard InChI is InChI=1S/C7H11FN2/c1-5(9-3)7(8)6(2)10-4/h3H2,1-2,4H3/b7-5+,10-6?. The van der Waals surface area contributed by atoms with E-state index < -0.39 is 5.83 Å². The highest BCUT2D eigenvalue weighted by Gasteiger charge is 2.01. The maximum Gasteiger partial charge on any atom is 0.164 e. The van der Waals surface area contributed by atoms with E-state index in [0.717, 1.165) is 0 Å². The Hall–Kier alpha value is -0.990. The fourth-order valence-electron chi connectivity index (χ4n) is 0.429. The lowest BCUT2D eigenvalue weighted by atomic mass is 10.3. The minimum atomic E-state index is -0.391. The summed E-state index contributed by atoms with van der Waals surface area (Å²) in [4.78, 5) is 7.08. The Labute approximate surface area is 60.2 Å². The van der Waals surface area contributed by atoms with Gasteiger partial charge in [-0.2, -0.15) is 0 Å². The number of rotatable bonds is 2. The minimum absolute atomic E-state index is 0.281. The van der Waals surface area contributed by atoms with E-state index in [2.05, 4.69) is 16.7 Å². The third-order valence-electron chi connectivity index (χ3n) is 1.21. The number of hydrogen-bond acceptors (Lipinski definition) is 2. The van der Waals surface area contributed by atoms with Crippen LogP contribution in [0.5, 0.6) is 0 Å². The van der Waals surface area contributed by atoms with Crippen LogP contribution in [-0.2, 0) is 0 Å². The molecule has 0 saturated carbocycles. The highest BCUT2D eigenvalue weighted by Crippen LogP contribution is 2.07. The van der Waals surface area contributed by atoms with Gasteiger partial charge in [-0.3, -0.25) is 9.98 Å². The van der Waals surface area contributed by atoms with Crippen molar-refractivity contribution in [3.05, 3.63) is 11.5 Å². The number of allylic oxidation sites excluding steroid dienone is 2. The summed E-state index contributed by atoms with van der Waals surface area (Å²) in [5.41, 5.74) is 0.632. The number of aliphatic imine (C=N–C) groups is 2. The van der Waals surface area contributed by atoms with E-state index >= 15 is 0 Å². The minimum Gasteiger partial charge on any atom is -0.290 e. The molecule has 0 aromatic carbocycles. The van der Waals surface area contributed by atoms with E-state index in [1.54, 1.807) is 13.8 Å². The van der Waals surface area contributed by atoms with E-state index in [0.29, 0.717) is 5.71 Å². The highest BCUT2D eigenvalue weighted by molar-refractivity contribution is 5.96. The summed E-state index contributed by atoms with van der Waals surface area (Å²) >= 11 is 0. The van der Waals surface area contributed by atoms with E-state index in [1.165, 1.54) is 7.05 Å². The second-order valence-electron chi connectivity index (χ2n) is 1.87. The molecule has 0 saturated heterocycles. The van der Waals surface area contributed by atoms with Crippen LogP contribution in [0.3, 0.4) is 0 Å². The van der Waals surface area contributed by atoms with E-state index in [9.17, 15) is 4.39 Å². The number of nitrogens with zero attached hydrogens (tertiary/aromatic N) is 2. The average molecular weight is 142 g/mol. The van der Waals surface area contributed by atoms with Crippen molar-refractivity contribution in [3.63, 3.8) is 0 Å². The summed E-state index contributed by atoms with van der Waals surface area (Å²) in [5.74, 6) is -0.391. The van der Waals surface area contributed by atoms with Crippen LogP contribution in [0.15, 0.2) is 21.5 Å². The van der Waals surface area contributed by atoms with Crippen molar-refractivity contribution in [2.45, 2.75) is 13.8 Å². The number of hydrogen-bond donors (Lipinski definition) is 0. The first-order valence-corrected chi connectivity index (χ1v) is 2.90. The molecule has 0 N–H and O–H groups in total. The average Bonchev–Trinajstić information content (AvgIpc) is 2.00. The van der Waals surface area contributed by atoms with Gasteiger partial charge in [0, 0.05) is 7.05 Å². The maximum absolute atomic E-state index is 12.8. The van der Waals surface area contributed by atoms with Crippen LogP contribution in [0.25, 0.3) is 0 Å². The topological polar surface area (TPSA) is 24.7 Å². The van der Waals surface area contributed by atoms with Gasteiger partial charge in [0.15, 0.2) is 5.83 Å². The lowest BCUT2D eigenvalue weighted by molar-refractivity contribution is 0.666. The molecule has 0 aromatic heterocycles. The molecule has 3 heteroatoms. The van der Waals surface area contributed by atoms with Crippen molar-refractivity contribution < 1.29 is 4.39 Å². The molecule has 0 aromatic rings. The van der Waals surface area contributed by atoms with E-state index in [-0.39, 0.29) is 5.70 Å². The van der Waals surface area contributed by atoms with Gasteiger partial charge < -0.3 is 0 Å². The predicted octanol–water partition coefficient (Wildman–Crippen LogP) is 1.98. The van der Waals surface area contributed by atoms with Gasteiger partial charge in [0.05, 0.1) is 11.4 Å². The Morgan fingerprint density at radius 3 is 2.20 bits per heavy atom. The zero-order chi connectivity index (χ0) is 8.15. The van der Waals surface area contributed by atoms with Crippen LogP contribution in [0.1, 0.15) is 13.8 Å². The first-order valence-electron chi connectivity index (χ1n) is 2.90. The maximum atomic E-state index is 12.8. The van der Waals surface area contributed by atoms with Gasteiger partial charge in [-0.05, 0) is 20.6 Å². The van der Waals surface area contributed by atoms with Gasteiger partial charge >= 0.3 is 0 Å². The molecule has 0 bridgehead atoms.